The molecule has 1 aliphatic heterocycles. The van der Waals surface area contributed by atoms with E-state index in [1.807, 2.05) is 13.0 Å². The van der Waals surface area contributed by atoms with Crippen LogP contribution in [0.15, 0.2) is 10.7 Å². The van der Waals surface area contributed by atoms with Gasteiger partial charge in [-0.05, 0) is 35.2 Å². The molecule has 0 N–H and O–H groups in total. The second-order valence-electron chi connectivity index (χ2n) is 3.94. The molecule has 0 radical (unpaired) electrons. The standard InChI is InChI=1S/C10H14BrN3/c1-7-3-4-14(6-7)10-5-9(11)12-8(2)13-10/h5,7H,3-4,6H2,1-2H3. The molecule has 76 valence electrons. The van der Waals surface area contributed by atoms with Crippen molar-refractivity contribution in [2.75, 3.05) is 18.0 Å². The van der Waals surface area contributed by atoms with Gasteiger partial charge >= 0.3 is 0 Å². The van der Waals surface area contributed by atoms with Crippen molar-refractivity contribution < 1.29 is 0 Å². The fraction of sp³-hybridized carbons (Fsp3) is 0.600. The van der Waals surface area contributed by atoms with Gasteiger partial charge in [-0.3, -0.25) is 0 Å². The fourth-order valence-electron chi connectivity index (χ4n) is 1.82. The van der Waals surface area contributed by atoms with Crippen LogP contribution in [0.25, 0.3) is 0 Å². The summed E-state index contributed by atoms with van der Waals surface area (Å²) in [7, 11) is 0. The number of anilines is 1. The Morgan fingerprint density at radius 2 is 2.29 bits per heavy atom. The number of rotatable bonds is 1. The minimum absolute atomic E-state index is 0.782. The van der Waals surface area contributed by atoms with Gasteiger partial charge in [0, 0.05) is 19.2 Å². The molecule has 1 fully saturated rings. The number of nitrogens with zero attached hydrogens (tertiary/aromatic N) is 3. The van der Waals surface area contributed by atoms with Crippen molar-refractivity contribution in [2.45, 2.75) is 20.3 Å². The van der Waals surface area contributed by atoms with E-state index in [9.17, 15) is 0 Å². The zero-order valence-corrected chi connectivity index (χ0v) is 10.1. The van der Waals surface area contributed by atoms with Gasteiger partial charge < -0.3 is 4.90 Å². The average Bonchev–Trinajstić information content (AvgIpc) is 2.50. The second-order valence-corrected chi connectivity index (χ2v) is 4.75. The maximum absolute atomic E-state index is 4.44. The highest BCUT2D eigenvalue weighted by Crippen LogP contribution is 2.23. The molecule has 0 saturated carbocycles. The topological polar surface area (TPSA) is 29.0 Å². The molecule has 0 amide bonds. The highest BCUT2D eigenvalue weighted by molar-refractivity contribution is 9.10. The summed E-state index contributed by atoms with van der Waals surface area (Å²) in [6, 6.07) is 1.99. The Bertz CT molecular complexity index is 320. The summed E-state index contributed by atoms with van der Waals surface area (Å²) in [5.41, 5.74) is 0. The first kappa shape index (κ1) is 9.90. The molecular formula is C10H14BrN3. The number of aromatic nitrogens is 2. The quantitative estimate of drug-likeness (QED) is 0.722. The van der Waals surface area contributed by atoms with Gasteiger partial charge in [0.2, 0.25) is 0 Å². The van der Waals surface area contributed by atoms with Crippen LogP contribution in [0, 0.1) is 12.8 Å². The summed E-state index contributed by atoms with van der Waals surface area (Å²) in [5.74, 6) is 2.66. The molecule has 4 heteroatoms. The van der Waals surface area contributed by atoms with E-state index in [2.05, 4.69) is 37.7 Å². The maximum Gasteiger partial charge on any atom is 0.133 e. The third-order valence-electron chi connectivity index (χ3n) is 2.54. The molecule has 2 heterocycles. The largest absolute Gasteiger partial charge is 0.356 e. The van der Waals surface area contributed by atoms with E-state index in [4.69, 9.17) is 0 Å². The lowest BCUT2D eigenvalue weighted by atomic mass is 10.2. The smallest absolute Gasteiger partial charge is 0.133 e. The van der Waals surface area contributed by atoms with Crippen molar-refractivity contribution >= 4 is 21.7 Å². The minimum Gasteiger partial charge on any atom is -0.356 e. The Morgan fingerprint density at radius 3 is 2.86 bits per heavy atom. The van der Waals surface area contributed by atoms with Gasteiger partial charge in [-0.25, -0.2) is 9.97 Å². The lowest BCUT2D eigenvalue weighted by Crippen LogP contribution is -2.20. The van der Waals surface area contributed by atoms with E-state index in [0.29, 0.717) is 0 Å². The number of halogens is 1. The van der Waals surface area contributed by atoms with Crippen molar-refractivity contribution in [3.05, 3.63) is 16.5 Å². The highest BCUT2D eigenvalue weighted by atomic mass is 79.9. The Balaban J connectivity index is 2.23. The average molecular weight is 256 g/mol. The van der Waals surface area contributed by atoms with Crippen LogP contribution in [0.2, 0.25) is 0 Å². The van der Waals surface area contributed by atoms with E-state index in [1.54, 1.807) is 0 Å². The van der Waals surface area contributed by atoms with Gasteiger partial charge in [-0.2, -0.15) is 0 Å². The zero-order chi connectivity index (χ0) is 10.1. The van der Waals surface area contributed by atoms with Crippen LogP contribution in [-0.2, 0) is 0 Å². The molecule has 3 nitrogen and oxygen atoms in total. The van der Waals surface area contributed by atoms with E-state index in [0.717, 1.165) is 35.3 Å². The fourth-order valence-corrected chi connectivity index (χ4v) is 2.28. The molecule has 1 aromatic heterocycles. The summed E-state index contributed by atoms with van der Waals surface area (Å²) in [6.45, 7) is 6.43. The SMILES string of the molecule is Cc1nc(Br)cc(N2CCC(C)C2)n1. The molecule has 1 aromatic rings. The Hall–Kier alpha value is -0.640. The van der Waals surface area contributed by atoms with Gasteiger partial charge in [0.25, 0.3) is 0 Å². The Labute approximate surface area is 92.7 Å². The first-order chi connectivity index (χ1) is 6.65. The van der Waals surface area contributed by atoms with E-state index < -0.39 is 0 Å². The van der Waals surface area contributed by atoms with Crippen LogP contribution in [0.3, 0.4) is 0 Å². The van der Waals surface area contributed by atoms with Crippen LogP contribution in [0.1, 0.15) is 19.2 Å². The zero-order valence-electron chi connectivity index (χ0n) is 8.50. The Morgan fingerprint density at radius 1 is 1.50 bits per heavy atom. The van der Waals surface area contributed by atoms with Crippen LogP contribution in [-0.4, -0.2) is 23.1 Å². The summed E-state index contributed by atoms with van der Waals surface area (Å²) >= 11 is 3.40. The van der Waals surface area contributed by atoms with E-state index >= 15 is 0 Å². The van der Waals surface area contributed by atoms with Crippen molar-refractivity contribution in [1.29, 1.82) is 0 Å². The van der Waals surface area contributed by atoms with Crippen molar-refractivity contribution in [3.8, 4) is 0 Å². The van der Waals surface area contributed by atoms with Gasteiger partial charge in [-0.1, -0.05) is 6.92 Å². The van der Waals surface area contributed by atoms with Gasteiger partial charge in [0.1, 0.15) is 16.2 Å². The van der Waals surface area contributed by atoms with Gasteiger partial charge in [0.05, 0.1) is 0 Å². The molecule has 1 saturated heterocycles. The van der Waals surface area contributed by atoms with E-state index in [-0.39, 0.29) is 0 Å². The molecule has 2 rings (SSSR count). The third-order valence-corrected chi connectivity index (χ3v) is 2.95. The number of hydrogen-bond acceptors (Lipinski definition) is 3. The minimum atomic E-state index is 0.782. The highest BCUT2D eigenvalue weighted by Gasteiger charge is 2.20. The normalized spacial score (nSPS) is 21.6. The summed E-state index contributed by atoms with van der Waals surface area (Å²) in [5, 5.41) is 0. The molecule has 0 bridgehead atoms. The number of aryl methyl sites for hydroxylation is 1. The Kier molecular flexibility index (Phi) is 2.72. The van der Waals surface area contributed by atoms with Crippen LogP contribution in [0.5, 0.6) is 0 Å². The lowest BCUT2D eigenvalue weighted by Gasteiger charge is -2.17. The summed E-state index contributed by atoms with van der Waals surface area (Å²) in [6.07, 6.45) is 1.26. The molecule has 14 heavy (non-hydrogen) atoms. The lowest BCUT2D eigenvalue weighted by molar-refractivity contribution is 0.658. The molecule has 0 spiro atoms. The maximum atomic E-state index is 4.44. The molecule has 1 aliphatic rings. The summed E-state index contributed by atoms with van der Waals surface area (Å²) < 4.78 is 0.875. The van der Waals surface area contributed by atoms with Crippen LogP contribution < -0.4 is 4.90 Å². The van der Waals surface area contributed by atoms with Crippen molar-refractivity contribution in [3.63, 3.8) is 0 Å². The van der Waals surface area contributed by atoms with Crippen LogP contribution in [0.4, 0.5) is 5.82 Å². The predicted molar refractivity (Wildman–Crippen MR) is 60.5 cm³/mol. The van der Waals surface area contributed by atoms with E-state index in [1.165, 1.54) is 6.42 Å². The van der Waals surface area contributed by atoms with Gasteiger partial charge in [-0.15, -0.1) is 0 Å². The second kappa shape index (κ2) is 3.85. The molecule has 1 atom stereocenters. The summed E-state index contributed by atoms with van der Waals surface area (Å²) in [4.78, 5) is 11.0. The molecular weight excluding hydrogens is 242 g/mol. The first-order valence-electron chi connectivity index (χ1n) is 4.91. The van der Waals surface area contributed by atoms with Crippen molar-refractivity contribution in [2.24, 2.45) is 5.92 Å². The molecule has 0 aromatic carbocycles. The number of hydrogen-bond donors (Lipinski definition) is 0. The first-order valence-corrected chi connectivity index (χ1v) is 5.70. The molecule has 0 aliphatic carbocycles. The third kappa shape index (κ3) is 2.05. The van der Waals surface area contributed by atoms with Crippen molar-refractivity contribution in [1.82, 2.24) is 9.97 Å². The van der Waals surface area contributed by atoms with Gasteiger partial charge in [0.15, 0.2) is 0 Å². The predicted octanol–water partition coefficient (Wildman–Crippen LogP) is 2.39. The van der Waals surface area contributed by atoms with Crippen LogP contribution >= 0.6 is 15.9 Å². The monoisotopic (exact) mass is 255 g/mol. The molecule has 1 unspecified atom stereocenters.